The SMILES string of the molecule is C=C(C)C(=O)OCC(=O)Oc1c2c3oc1c(C(=O)OC1C4CC5C(=O)OC1C5C4)c3C(=O)O2. The van der Waals surface area contributed by atoms with Crippen LogP contribution in [0.4, 0.5) is 0 Å². The molecule has 4 heterocycles. The molecule has 0 radical (unpaired) electrons. The molecule has 5 atom stereocenters. The average Bonchev–Trinajstić information content (AvgIpc) is 3.55. The fourth-order valence-corrected chi connectivity index (χ4v) is 5.31. The third kappa shape index (κ3) is 2.65. The number of hydrogen-bond donors (Lipinski definition) is 0. The van der Waals surface area contributed by atoms with Gasteiger partial charge in [-0.05, 0) is 19.8 Å². The molecule has 33 heavy (non-hydrogen) atoms. The lowest BCUT2D eigenvalue weighted by atomic mass is 9.88. The Labute approximate surface area is 184 Å². The molecule has 1 saturated heterocycles. The molecule has 0 aromatic carbocycles. The Balaban J connectivity index is 1.25. The summed E-state index contributed by atoms with van der Waals surface area (Å²) >= 11 is 0. The molecule has 0 N–H and O–H groups in total. The molecule has 2 aromatic heterocycles. The van der Waals surface area contributed by atoms with Gasteiger partial charge in [0, 0.05) is 17.4 Å². The van der Waals surface area contributed by atoms with Crippen molar-refractivity contribution < 1.29 is 52.1 Å². The second-order valence-corrected chi connectivity index (χ2v) is 8.66. The van der Waals surface area contributed by atoms with Crippen molar-refractivity contribution in [2.45, 2.75) is 32.0 Å². The highest BCUT2D eigenvalue weighted by atomic mass is 16.6. The molecule has 0 amide bonds. The van der Waals surface area contributed by atoms with Crippen LogP contribution in [0.5, 0.6) is 11.5 Å². The van der Waals surface area contributed by atoms with Crippen LogP contribution in [-0.2, 0) is 28.6 Å². The van der Waals surface area contributed by atoms with Gasteiger partial charge in [-0.1, -0.05) is 6.58 Å². The third-order valence-electron chi connectivity index (χ3n) is 6.67. The summed E-state index contributed by atoms with van der Waals surface area (Å²) in [4.78, 5) is 61.0. The Morgan fingerprint density at radius 3 is 2.70 bits per heavy atom. The lowest BCUT2D eigenvalue weighted by Gasteiger charge is -2.25. The van der Waals surface area contributed by atoms with Gasteiger partial charge >= 0.3 is 29.8 Å². The first-order valence-corrected chi connectivity index (χ1v) is 10.3. The maximum atomic E-state index is 13.1. The van der Waals surface area contributed by atoms with Gasteiger partial charge in [-0.25, -0.2) is 19.2 Å². The maximum Gasteiger partial charge on any atom is 0.349 e. The first kappa shape index (κ1) is 19.8. The van der Waals surface area contributed by atoms with Crippen LogP contribution >= 0.6 is 0 Å². The van der Waals surface area contributed by atoms with Crippen molar-refractivity contribution in [1.29, 1.82) is 0 Å². The largest absolute Gasteiger partial charge is 0.458 e. The van der Waals surface area contributed by atoms with Gasteiger partial charge in [0.05, 0.1) is 5.92 Å². The second-order valence-electron chi connectivity index (χ2n) is 8.66. The molecule has 0 spiro atoms. The number of fused-ring (bicyclic) bond motifs is 2. The van der Waals surface area contributed by atoms with Gasteiger partial charge in [-0.15, -0.1) is 0 Å². The number of benzene rings is 1. The minimum absolute atomic E-state index is 0.00917. The van der Waals surface area contributed by atoms with Crippen LogP contribution < -0.4 is 9.47 Å². The van der Waals surface area contributed by atoms with Gasteiger partial charge in [-0.2, -0.15) is 0 Å². The average molecular weight is 456 g/mol. The van der Waals surface area contributed by atoms with Crippen LogP contribution in [0.1, 0.15) is 40.5 Å². The predicted octanol–water partition coefficient (Wildman–Crippen LogP) is 1.53. The minimum Gasteiger partial charge on any atom is -0.458 e. The highest BCUT2D eigenvalue weighted by Crippen LogP contribution is 2.56. The minimum atomic E-state index is -0.981. The maximum absolute atomic E-state index is 13.1. The molecular formula is C22H16O11. The number of furan rings is 2. The van der Waals surface area contributed by atoms with E-state index in [2.05, 4.69) is 6.58 Å². The van der Waals surface area contributed by atoms with Gasteiger partial charge in [0.1, 0.15) is 23.3 Å². The molecule has 11 heteroatoms. The Hall–Kier alpha value is -3.89. The predicted molar refractivity (Wildman–Crippen MR) is 103 cm³/mol. The highest BCUT2D eigenvalue weighted by molar-refractivity contribution is 6.20. The smallest absolute Gasteiger partial charge is 0.349 e. The zero-order valence-electron chi connectivity index (χ0n) is 17.2. The van der Waals surface area contributed by atoms with E-state index >= 15 is 0 Å². The summed E-state index contributed by atoms with van der Waals surface area (Å²) in [7, 11) is 0. The quantitative estimate of drug-likeness (QED) is 0.270. The van der Waals surface area contributed by atoms with Crippen LogP contribution in [0.2, 0.25) is 0 Å². The Morgan fingerprint density at radius 1 is 1.15 bits per heavy atom. The lowest BCUT2D eigenvalue weighted by molar-refractivity contribution is -0.150. The Morgan fingerprint density at radius 2 is 1.94 bits per heavy atom. The number of carbonyl (C=O) groups is 5. The summed E-state index contributed by atoms with van der Waals surface area (Å²) in [6.45, 7) is 4.09. The Kier molecular flexibility index (Phi) is 3.93. The van der Waals surface area contributed by atoms with Crippen LogP contribution in [0.25, 0.3) is 11.2 Å². The van der Waals surface area contributed by atoms with Gasteiger partial charge in [0.15, 0.2) is 17.8 Å². The first-order chi connectivity index (χ1) is 15.7. The fourth-order valence-electron chi connectivity index (χ4n) is 5.31. The van der Waals surface area contributed by atoms with E-state index in [-0.39, 0.29) is 63.1 Å². The third-order valence-corrected chi connectivity index (χ3v) is 6.67. The van der Waals surface area contributed by atoms with Crippen LogP contribution in [0.15, 0.2) is 16.6 Å². The number of rotatable bonds is 6. The standard InChI is InChI=1S/C22H16O11/c1-6(2)19(24)28-5-10(23)29-17-15-11(12-16(30-15)18(17)33-22(12)27)21(26)31-13-7-3-8-9(4-7)20(25)32-14(8)13/h7-9,13-14H,1,3-5H2,2H3. The van der Waals surface area contributed by atoms with E-state index in [0.717, 1.165) is 6.42 Å². The fraction of sp³-hybridized carbons (Fsp3) is 0.409. The number of ether oxygens (including phenoxy) is 5. The molecule has 5 unspecified atom stereocenters. The van der Waals surface area contributed by atoms with E-state index in [1.807, 2.05) is 0 Å². The summed E-state index contributed by atoms with van der Waals surface area (Å²) in [6.07, 6.45) is 0.186. The number of hydrogen-bond acceptors (Lipinski definition) is 11. The second kappa shape index (κ2) is 6.56. The molecule has 2 aliphatic heterocycles. The van der Waals surface area contributed by atoms with Gasteiger partial charge in [0.25, 0.3) is 0 Å². The van der Waals surface area contributed by atoms with E-state index in [0.29, 0.717) is 6.42 Å². The van der Waals surface area contributed by atoms with E-state index in [1.54, 1.807) is 0 Å². The zero-order valence-corrected chi connectivity index (χ0v) is 17.2. The van der Waals surface area contributed by atoms with Gasteiger partial charge < -0.3 is 28.1 Å². The molecule has 4 bridgehead atoms. The first-order valence-electron chi connectivity index (χ1n) is 10.3. The molecule has 2 aliphatic carbocycles. The van der Waals surface area contributed by atoms with Crippen molar-refractivity contribution >= 4 is 41.0 Å². The van der Waals surface area contributed by atoms with Crippen LogP contribution in [0.3, 0.4) is 0 Å². The monoisotopic (exact) mass is 456 g/mol. The molecule has 2 aromatic rings. The number of carbonyl (C=O) groups excluding carboxylic acids is 5. The number of esters is 5. The topological polar surface area (TPSA) is 145 Å². The van der Waals surface area contributed by atoms with E-state index < -0.39 is 42.7 Å². The molecule has 11 nitrogen and oxygen atoms in total. The molecule has 2 saturated carbocycles. The van der Waals surface area contributed by atoms with E-state index in [4.69, 9.17) is 28.1 Å². The van der Waals surface area contributed by atoms with E-state index in [1.165, 1.54) is 6.92 Å². The normalized spacial score (nSPS) is 28.2. The molecular weight excluding hydrogens is 440 g/mol. The van der Waals surface area contributed by atoms with Crippen molar-refractivity contribution in [3.8, 4) is 11.5 Å². The van der Waals surface area contributed by atoms with E-state index in [9.17, 15) is 24.0 Å². The molecule has 4 aliphatic rings. The Bertz CT molecular complexity index is 1280. The van der Waals surface area contributed by atoms with Crippen molar-refractivity contribution in [3.63, 3.8) is 0 Å². The summed E-state index contributed by atoms with van der Waals surface area (Å²) in [5.41, 5.74) is -0.455. The van der Waals surface area contributed by atoms with Crippen molar-refractivity contribution in [3.05, 3.63) is 23.3 Å². The summed E-state index contributed by atoms with van der Waals surface area (Å²) in [5, 5.41) is 0. The molecule has 170 valence electrons. The summed E-state index contributed by atoms with van der Waals surface area (Å²) in [5.74, 6) is -4.28. The lowest BCUT2D eigenvalue weighted by Crippen LogP contribution is -2.36. The van der Waals surface area contributed by atoms with Crippen molar-refractivity contribution in [2.75, 3.05) is 6.61 Å². The summed E-state index contributed by atoms with van der Waals surface area (Å²) in [6, 6.07) is 0. The summed E-state index contributed by atoms with van der Waals surface area (Å²) < 4.78 is 31.6. The van der Waals surface area contributed by atoms with Gasteiger partial charge in [0.2, 0.25) is 11.5 Å². The van der Waals surface area contributed by atoms with Crippen LogP contribution in [-0.4, -0.2) is 48.7 Å². The molecule has 6 rings (SSSR count). The highest BCUT2D eigenvalue weighted by Gasteiger charge is 2.63. The van der Waals surface area contributed by atoms with Gasteiger partial charge in [-0.3, -0.25) is 4.79 Å². The molecule has 3 fully saturated rings. The van der Waals surface area contributed by atoms with Crippen molar-refractivity contribution in [1.82, 2.24) is 0 Å². The zero-order chi connectivity index (χ0) is 23.2. The van der Waals surface area contributed by atoms with Crippen molar-refractivity contribution in [2.24, 2.45) is 17.8 Å². The van der Waals surface area contributed by atoms with Crippen LogP contribution in [0, 0.1) is 17.8 Å².